The number of rotatable bonds is 4. The summed E-state index contributed by atoms with van der Waals surface area (Å²) >= 11 is 0. The third-order valence-electron chi connectivity index (χ3n) is 4.59. The van der Waals surface area contributed by atoms with Crippen molar-refractivity contribution in [2.45, 2.75) is 63.3 Å². The molecule has 3 rings (SSSR count). The number of nitrogens with zero attached hydrogens (tertiary/aromatic N) is 1. The molecular weight excluding hydrogens is 272 g/mol. The summed E-state index contributed by atoms with van der Waals surface area (Å²) in [4.78, 5) is 23.6. The molecule has 0 unspecified atom stereocenters. The highest BCUT2D eigenvalue weighted by molar-refractivity contribution is 5.94. The van der Waals surface area contributed by atoms with Gasteiger partial charge in [0, 0.05) is 12.0 Å². The first kappa shape index (κ1) is 14.1. The Morgan fingerprint density at radius 2 is 1.90 bits per heavy atom. The number of carboxylic acids is 1. The summed E-state index contributed by atoms with van der Waals surface area (Å²) < 4.78 is 5.26. The van der Waals surface area contributed by atoms with E-state index in [2.05, 4.69) is 10.5 Å². The van der Waals surface area contributed by atoms with E-state index in [0.29, 0.717) is 18.5 Å². The Hall–Kier alpha value is -1.85. The van der Waals surface area contributed by atoms with Gasteiger partial charge >= 0.3 is 5.97 Å². The first-order valence-corrected chi connectivity index (χ1v) is 7.61. The van der Waals surface area contributed by atoms with Gasteiger partial charge in [-0.1, -0.05) is 18.0 Å². The highest BCUT2D eigenvalue weighted by Crippen LogP contribution is 2.33. The third kappa shape index (κ3) is 2.80. The largest absolute Gasteiger partial charge is 0.481 e. The molecule has 0 atom stereocenters. The van der Waals surface area contributed by atoms with Gasteiger partial charge in [0.25, 0.3) is 5.91 Å². The first-order chi connectivity index (χ1) is 10.1. The van der Waals surface area contributed by atoms with Gasteiger partial charge in [0.05, 0.1) is 12.0 Å². The molecule has 6 heteroatoms. The number of hydrogen-bond acceptors (Lipinski definition) is 4. The topological polar surface area (TPSA) is 92.4 Å². The van der Waals surface area contributed by atoms with Gasteiger partial charge in [0.2, 0.25) is 0 Å². The van der Waals surface area contributed by atoms with E-state index in [4.69, 9.17) is 9.63 Å². The molecule has 0 bridgehead atoms. The summed E-state index contributed by atoms with van der Waals surface area (Å²) in [6, 6.07) is 0. The quantitative estimate of drug-likeness (QED) is 0.886. The summed E-state index contributed by atoms with van der Waals surface area (Å²) in [5.74, 6) is -0.352. The van der Waals surface area contributed by atoms with Gasteiger partial charge in [0.1, 0.15) is 5.76 Å². The Morgan fingerprint density at radius 3 is 2.62 bits per heavy atom. The predicted molar refractivity (Wildman–Crippen MR) is 74.1 cm³/mol. The Kier molecular flexibility index (Phi) is 3.69. The van der Waals surface area contributed by atoms with Crippen LogP contribution in [0, 0.1) is 0 Å². The van der Waals surface area contributed by atoms with Gasteiger partial charge in [-0.15, -0.1) is 0 Å². The predicted octanol–water partition coefficient (Wildman–Crippen LogP) is 2.07. The smallest absolute Gasteiger partial charge is 0.305 e. The molecule has 6 nitrogen and oxygen atoms in total. The van der Waals surface area contributed by atoms with E-state index < -0.39 is 11.5 Å². The Labute approximate surface area is 122 Å². The zero-order valence-electron chi connectivity index (χ0n) is 12.0. The number of carbonyl (C=O) groups is 2. The monoisotopic (exact) mass is 292 g/mol. The van der Waals surface area contributed by atoms with Crippen molar-refractivity contribution >= 4 is 11.9 Å². The summed E-state index contributed by atoms with van der Waals surface area (Å²) in [6.45, 7) is 0. The molecule has 1 amide bonds. The molecule has 0 radical (unpaired) electrons. The molecule has 1 aromatic heterocycles. The zero-order chi connectivity index (χ0) is 14.9. The fraction of sp³-hybridized carbons (Fsp3) is 0.667. The van der Waals surface area contributed by atoms with Crippen LogP contribution in [0.3, 0.4) is 0 Å². The van der Waals surface area contributed by atoms with E-state index >= 15 is 0 Å². The van der Waals surface area contributed by atoms with Gasteiger partial charge in [-0.3, -0.25) is 9.59 Å². The van der Waals surface area contributed by atoms with E-state index in [1.54, 1.807) is 0 Å². The molecule has 1 heterocycles. The van der Waals surface area contributed by atoms with E-state index in [1.165, 1.54) is 0 Å². The second-order valence-electron chi connectivity index (χ2n) is 6.15. The van der Waals surface area contributed by atoms with Crippen molar-refractivity contribution in [1.29, 1.82) is 0 Å². The first-order valence-electron chi connectivity index (χ1n) is 7.61. The fourth-order valence-corrected chi connectivity index (χ4v) is 3.55. The van der Waals surface area contributed by atoms with Crippen LogP contribution in [0.15, 0.2) is 4.52 Å². The normalized spacial score (nSPS) is 20.0. The third-order valence-corrected chi connectivity index (χ3v) is 4.59. The molecular formula is C15H20N2O4. The molecule has 2 aliphatic rings. The van der Waals surface area contributed by atoms with Crippen molar-refractivity contribution in [2.75, 3.05) is 0 Å². The highest BCUT2D eigenvalue weighted by Gasteiger charge is 2.39. The molecule has 2 N–H and O–H groups in total. The van der Waals surface area contributed by atoms with Gasteiger partial charge in [-0.25, -0.2) is 0 Å². The number of amides is 1. The molecule has 0 aromatic carbocycles. The Bertz CT molecular complexity index is 558. The molecule has 0 spiro atoms. The molecule has 2 aliphatic carbocycles. The lowest BCUT2D eigenvalue weighted by Gasteiger charge is -2.28. The van der Waals surface area contributed by atoms with Gasteiger partial charge in [-0.2, -0.15) is 0 Å². The number of aliphatic carboxylic acids is 1. The second kappa shape index (κ2) is 5.50. The maximum Gasteiger partial charge on any atom is 0.305 e. The van der Waals surface area contributed by atoms with Crippen LogP contribution in [0.25, 0.3) is 0 Å². The van der Waals surface area contributed by atoms with Crippen molar-refractivity contribution in [3.8, 4) is 0 Å². The maximum absolute atomic E-state index is 12.5. The number of carbonyl (C=O) groups excluding carboxylic acids is 1. The Morgan fingerprint density at radius 1 is 1.19 bits per heavy atom. The van der Waals surface area contributed by atoms with E-state index in [0.717, 1.165) is 49.8 Å². The standard InChI is InChI=1S/C15H20N2O4/c18-12(19)9-15(7-3-4-8-15)16-14(20)13-10-5-1-2-6-11(10)21-17-13/h1-9H2,(H,16,20)(H,18,19). The van der Waals surface area contributed by atoms with Gasteiger partial charge in [0.15, 0.2) is 5.69 Å². The summed E-state index contributed by atoms with van der Waals surface area (Å²) in [5, 5.41) is 15.9. The molecule has 1 aromatic rings. The Balaban J connectivity index is 1.78. The average molecular weight is 292 g/mol. The fourth-order valence-electron chi connectivity index (χ4n) is 3.55. The lowest BCUT2D eigenvalue weighted by molar-refractivity contribution is -0.138. The number of carboxylic acid groups (broad SMARTS) is 1. The number of aryl methyl sites for hydroxylation is 1. The molecule has 1 saturated carbocycles. The van der Waals surface area contributed by atoms with Crippen LogP contribution in [0.4, 0.5) is 0 Å². The van der Waals surface area contributed by atoms with E-state index in [9.17, 15) is 9.59 Å². The SMILES string of the molecule is O=C(O)CC1(NC(=O)c2noc3c2CCCC3)CCCC1. The van der Waals surface area contributed by atoms with Crippen molar-refractivity contribution < 1.29 is 19.2 Å². The highest BCUT2D eigenvalue weighted by atomic mass is 16.5. The van der Waals surface area contributed by atoms with Crippen LogP contribution >= 0.6 is 0 Å². The van der Waals surface area contributed by atoms with E-state index in [-0.39, 0.29) is 12.3 Å². The van der Waals surface area contributed by atoms with E-state index in [1.807, 2.05) is 0 Å². The summed E-state index contributed by atoms with van der Waals surface area (Å²) in [7, 11) is 0. The van der Waals surface area contributed by atoms with Crippen LogP contribution < -0.4 is 5.32 Å². The minimum absolute atomic E-state index is 0.0290. The summed E-state index contributed by atoms with van der Waals surface area (Å²) in [5.41, 5.74) is 0.632. The average Bonchev–Trinajstić information content (AvgIpc) is 3.04. The van der Waals surface area contributed by atoms with Crippen molar-refractivity contribution in [3.63, 3.8) is 0 Å². The zero-order valence-corrected chi connectivity index (χ0v) is 12.0. The van der Waals surface area contributed by atoms with Crippen molar-refractivity contribution in [2.24, 2.45) is 0 Å². The molecule has 1 fully saturated rings. The lowest BCUT2D eigenvalue weighted by Crippen LogP contribution is -2.48. The van der Waals surface area contributed by atoms with Crippen LogP contribution in [-0.2, 0) is 17.6 Å². The van der Waals surface area contributed by atoms with Crippen LogP contribution in [0.1, 0.15) is 66.8 Å². The summed E-state index contributed by atoms with van der Waals surface area (Å²) in [6.07, 6.45) is 7.04. The lowest BCUT2D eigenvalue weighted by atomic mass is 9.92. The number of aromatic nitrogens is 1. The molecule has 21 heavy (non-hydrogen) atoms. The van der Waals surface area contributed by atoms with Crippen LogP contribution in [0.5, 0.6) is 0 Å². The van der Waals surface area contributed by atoms with Crippen LogP contribution in [-0.4, -0.2) is 27.7 Å². The van der Waals surface area contributed by atoms with Crippen molar-refractivity contribution in [3.05, 3.63) is 17.0 Å². The van der Waals surface area contributed by atoms with Crippen LogP contribution in [0.2, 0.25) is 0 Å². The minimum atomic E-state index is -0.876. The minimum Gasteiger partial charge on any atom is -0.481 e. The number of nitrogens with one attached hydrogen (secondary N) is 1. The number of fused-ring (bicyclic) bond motifs is 1. The molecule has 114 valence electrons. The van der Waals surface area contributed by atoms with Gasteiger partial charge < -0.3 is 14.9 Å². The second-order valence-corrected chi connectivity index (χ2v) is 6.15. The molecule has 0 aliphatic heterocycles. The number of hydrogen-bond donors (Lipinski definition) is 2. The van der Waals surface area contributed by atoms with Crippen molar-refractivity contribution in [1.82, 2.24) is 10.5 Å². The van der Waals surface area contributed by atoms with Gasteiger partial charge in [-0.05, 0) is 32.1 Å². The maximum atomic E-state index is 12.5. The molecule has 0 saturated heterocycles.